The molecule has 1 aromatic heterocycles. The molecule has 1 heterocycles. The Kier molecular flexibility index (Phi) is 3.02. The second-order valence-electron chi connectivity index (χ2n) is 7.89. The first-order valence-corrected chi connectivity index (χ1v) is 8.64. The molecule has 21 heavy (non-hydrogen) atoms. The van der Waals surface area contributed by atoms with Crippen molar-refractivity contribution in [2.75, 3.05) is 0 Å². The summed E-state index contributed by atoms with van der Waals surface area (Å²) >= 11 is 0. The van der Waals surface area contributed by atoms with Crippen LogP contribution < -0.4 is 0 Å². The van der Waals surface area contributed by atoms with Crippen molar-refractivity contribution in [3.05, 3.63) is 17.5 Å². The third-order valence-corrected chi connectivity index (χ3v) is 6.26. The van der Waals surface area contributed by atoms with E-state index in [1.807, 2.05) is 11.6 Å². The molecule has 0 N–H and O–H groups in total. The van der Waals surface area contributed by atoms with Crippen molar-refractivity contribution in [2.45, 2.75) is 65.3 Å². The third kappa shape index (κ3) is 2.16. The second kappa shape index (κ2) is 4.69. The number of aryl methyl sites for hydroxylation is 2. The zero-order valence-electron chi connectivity index (χ0n) is 13.3. The predicted molar refractivity (Wildman–Crippen MR) is 82.0 cm³/mol. The lowest BCUT2D eigenvalue weighted by atomic mass is 9.48. The summed E-state index contributed by atoms with van der Waals surface area (Å²) in [6.07, 6.45) is 8.33. The molecule has 0 aromatic carbocycles. The number of hydrogen-bond donors (Lipinski definition) is 0. The summed E-state index contributed by atoms with van der Waals surface area (Å²) in [5.74, 6) is 3.05. The van der Waals surface area contributed by atoms with Crippen molar-refractivity contribution in [1.82, 2.24) is 9.78 Å². The van der Waals surface area contributed by atoms with Crippen LogP contribution in [0.3, 0.4) is 0 Å². The standard InChI is InChI=1S/C18H26N2O/c1-3-20-16(4-12(2)19-20)8-17(21)18-9-13-5-14(10-18)7-15(6-13)11-18/h4,13-15H,3,5-11H2,1-2H3. The number of carbonyl (C=O) groups excluding carboxylic acids is 1. The topological polar surface area (TPSA) is 34.9 Å². The molecule has 3 nitrogen and oxygen atoms in total. The number of aromatic nitrogens is 2. The number of carbonyl (C=O) groups is 1. The van der Waals surface area contributed by atoms with Gasteiger partial charge in [-0.2, -0.15) is 5.10 Å². The molecule has 0 aliphatic heterocycles. The molecule has 0 atom stereocenters. The van der Waals surface area contributed by atoms with E-state index in [0.29, 0.717) is 12.2 Å². The smallest absolute Gasteiger partial charge is 0.144 e. The van der Waals surface area contributed by atoms with Gasteiger partial charge in [0.2, 0.25) is 0 Å². The lowest BCUT2D eigenvalue weighted by Crippen LogP contribution is -2.50. The quantitative estimate of drug-likeness (QED) is 0.848. The molecule has 0 amide bonds. The molecule has 3 heteroatoms. The number of ketones is 1. The van der Waals surface area contributed by atoms with Gasteiger partial charge in [0.25, 0.3) is 0 Å². The van der Waals surface area contributed by atoms with Gasteiger partial charge >= 0.3 is 0 Å². The maximum atomic E-state index is 13.1. The van der Waals surface area contributed by atoms with E-state index < -0.39 is 0 Å². The molecule has 4 aliphatic rings. The van der Waals surface area contributed by atoms with Crippen LogP contribution >= 0.6 is 0 Å². The van der Waals surface area contributed by atoms with Gasteiger partial charge in [0.05, 0.1) is 5.69 Å². The fourth-order valence-electron chi connectivity index (χ4n) is 5.82. The molecule has 4 saturated carbocycles. The van der Waals surface area contributed by atoms with Gasteiger partial charge < -0.3 is 0 Å². The number of Topliss-reactive ketones (excluding diaryl/α,β-unsaturated/α-hetero) is 1. The molecular weight excluding hydrogens is 260 g/mol. The highest BCUT2D eigenvalue weighted by atomic mass is 16.1. The van der Waals surface area contributed by atoms with Gasteiger partial charge in [0, 0.05) is 24.1 Å². The van der Waals surface area contributed by atoms with Crippen molar-refractivity contribution in [3.63, 3.8) is 0 Å². The van der Waals surface area contributed by atoms with Crippen LogP contribution in [-0.4, -0.2) is 15.6 Å². The fourth-order valence-corrected chi connectivity index (χ4v) is 5.82. The Morgan fingerprint density at radius 3 is 2.33 bits per heavy atom. The summed E-state index contributed by atoms with van der Waals surface area (Å²) in [6.45, 7) is 4.98. The summed E-state index contributed by atoms with van der Waals surface area (Å²) < 4.78 is 2.01. The Balaban J connectivity index is 1.57. The van der Waals surface area contributed by atoms with Gasteiger partial charge in [-0.25, -0.2) is 0 Å². The Bertz CT molecular complexity index is 536. The van der Waals surface area contributed by atoms with Crippen molar-refractivity contribution >= 4 is 5.78 Å². The maximum Gasteiger partial charge on any atom is 0.144 e. The van der Waals surface area contributed by atoms with Crippen LogP contribution in [0.25, 0.3) is 0 Å². The van der Waals surface area contributed by atoms with Gasteiger partial charge in [0.1, 0.15) is 5.78 Å². The van der Waals surface area contributed by atoms with Crippen LogP contribution in [0.4, 0.5) is 0 Å². The van der Waals surface area contributed by atoms with Gasteiger partial charge in [-0.1, -0.05) is 0 Å². The summed E-state index contributed by atoms with van der Waals surface area (Å²) in [7, 11) is 0. The van der Waals surface area contributed by atoms with E-state index in [-0.39, 0.29) is 5.41 Å². The fraction of sp³-hybridized carbons (Fsp3) is 0.778. The third-order valence-electron chi connectivity index (χ3n) is 6.26. The SMILES string of the molecule is CCn1nc(C)cc1CC(=O)C12CC3CC(CC(C3)C1)C2. The minimum Gasteiger partial charge on any atom is -0.299 e. The molecule has 4 bridgehead atoms. The molecule has 114 valence electrons. The Labute approximate surface area is 127 Å². The van der Waals surface area contributed by atoms with Gasteiger partial charge in [-0.15, -0.1) is 0 Å². The average molecular weight is 286 g/mol. The largest absolute Gasteiger partial charge is 0.299 e. The zero-order chi connectivity index (χ0) is 14.6. The van der Waals surface area contributed by atoms with Crippen LogP contribution in [0.15, 0.2) is 6.07 Å². The summed E-state index contributed by atoms with van der Waals surface area (Å²) in [5.41, 5.74) is 2.19. The van der Waals surface area contributed by atoms with Crippen LogP contribution in [0, 0.1) is 30.1 Å². The second-order valence-corrected chi connectivity index (χ2v) is 7.89. The van der Waals surface area contributed by atoms with Crippen molar-refractivity contribution in [3.8, 4) is 0 Å². The lowest BCUT2D eigenvalue weighted by Gasteiger charge is -2.56. The minimum absolute atomic E-state index is 0.0332. The van der Waals surface area contributed by atoms with E-state index in [0.717, 1.165) is 35.7 Å². The van der Waals surface area contributed by atoms with Crippen LogP contribution in [-0.2, 0) is 17.8 Å². The molecule has 4 fully saturated rings. The van der Waals surface area contributed by atoms with E-state index in [1.165, 1.54) is 38.5 Å². The van der Waals surface area contributed by atoms with E-state index in [4.69, 9.17) is 0 Å². The van der Waals surface area contributed by atoms with E-state index in [1.54, 1.807) is 0 Å². The monoisotopic (exact) mass is 286 g/mol. The zero-order valence-corrected chi connectivity index (χ0v) is 13.3. The number of hydrogen-bond acceptors (Lipinski definition) is 2. The maximum absolute atomic E-state index is 13.1. The van der Waals surface area contributed by atoms with Gasteiger partial charge in [0.15, 0.2) is 0 Å². The first-order valence-electron chi connectivity index (χ1n) is 8.64. The molecule has 1 aromatic rings. The number of nitrogens with zero attached hydrogens (tertiary/aromatic N) is 2. The molecule has 0 radical (unpaired) electrons. The average Bonchev–Trinajstić information content (AvgIpc) is 2.77. The molecule has 4 aliphatic carbocycles. The Morgan fingerprint density at radius 2 is 1.81 bits per heavy atom. The summed E-state index contributed by atoms with van der Waals surface area (Å²) in [5, 5.41) is 4.49. The van der Waals surface area contributed by atoms with E-state index >= 15 is 0 Å². The lowest BCUT2D eigenvalue weighted by molar-refractivity contribution is -0.143. The summed E-state index contributed by atoms with van der Waals surface area (Å²) in [6, 6.07) is 2.10. The molecule has 0 saturated heterocycles. The molecule has 0 unspecified atom stereocenters. The van der Waals surface area contributed by atoms with Crippen molar-refractivity contribution in [1.29, 1.82) is 0 Å². The Hall–Kier alpha value is -1.12. The summed E-state index contributed by atoms with van der Waals surface area (Å²) in [4.78, 5) is 13.1. The van der Waals surface area contributed by atoms with Gasteiger partial charge in [-0.3, -0.25) is 9.48 Å². The van der Waals surface area contributed by atoms with Crippen molar-refractivity contribution in [2.24, 2.45) is 23.2 Å². The van der Waals surface area contributed by atoms with E-state index in [2.05, 4.69) is 18.1 Å². The highest BCUT2D eigenvalue weighted by molar-refractivity contribution is 5.87. The predicted octanol–water partition coefficient (Wildman–Crippen LogP) is 3.54. The molecule has 0 spiro atoms. The first-order chi connectivity index (χ1) is 10.1. The molecular formula is C18H26N2O. The normalized spacial score (nSPS) is 37.1. The number of rotatable bonds is 4. The van der Waals surface area contributed by atoms with Gasteiger partial charge in [-0.05, 0) is 76.2 Å². The van der Waals surface area contributed by atoms with Crippen LogP contribution in [0.1, 0.15) is 56.8 Å². The minimum atomic E-state index is 0.0332. The van der Waals surface area contributed by atoms with Crippen molar-refractivity contribution < 1.29 is 4.79 Å². The Morgan fingerprint density at radius 1 is 1.24 bits per heavy atom. The highest BCUT2D eigenvalue weighted by Crippen LogP contribution is 2.60. The van der Waals surface area contributed by atoms with E-state index in [9.17, 15) is 4.79 Å². The highest BCUT2D eigenvalue weighted by Gasteiger charge is 2.54. The van der Waals surface area contributed by atoms with Crippen LogP contribution in [0.5, 0.6) is 0 Å². The van der Waals surface area contributed by atoms with Crippen LogP contribution in [0.2, 0.25) is 0 Å². The molecule has 5 rings (SSSR count). The first kappa shape index (κ1) is 13.5.